The lowest BCUT2D eigenvalue weighted by Crippen LogP contribution is -2.54. The molecule has 168 valence electrons. The van der Waals surface area contributed by atoms with Gasteiger partial charge in [0.2, 0.25) is 15.9 Å². The minimum absolute atomic E-state index is 0.104. The Morgan fingerprint density at radius 2 is 1.90 bits per heavy atom. The highest BCUT2D eigenvalue weighted by Crippen LogP contribution is 2.24. The second-order valence-corrected chi connectivity index (χ2v) is 11.3. The summed E-state index contributed by atoms with van der Waals surface area (Å²) in [5, 5.41) is 2.99. The summed E-state index contributed by atoms with van der Waals surface area (Å²) in [5.41, 5.74) is 2.29. The number of piperidine rings is 1. The highest BCUT2D eigenvalue weighted by molar-refractivity contribution is 7.89. The molecule has 1 amide bonds. The molecule has 1 aromatic rings. The predicted molar refractivity (Wildman–Crippen MR) is 120 cm³/mol. The minimum atomic E-state index is -3.59. The van der Waals surface area contributed by atoms with Crippen LogP contribution in [0.4, 0.5) is 0 Å². The van der Waals surface area contributed by atoms with Gasteiger partial charge in [-0.05, 0) is 88.1 Å². The molecule has 1 heterocycles. The monoisotopic (exact) mass is 435 g/mol. The SMILES string of the molecule is CC1CCCN(C(C)(C)CNC(=O)CCNS(=O)(=O)c2ccc3c(c2)CCCC3)C1. The first kappa shape index (κ1) is 23.2. The van der Waals surface area contributed by atoms with Gasteiger partial charge in [0.05, 0.1) is 4.90 Å². The van der Waals surface area contributed by atoms with Crippen molar-refractivity contribution in [1.82, 2.24) is 14.9 Å². The van der Waals surface area contributed by atoms with Gasteiger partial charge in [-0.1, -0.05) is 13.0 Å². The Balaban J connectivity index is 1.45. The fraction of sp³-hybridized carbons (Fsp3) is 0.696. The van der Waals surface area contributed by atoms with Crippen LogP contribution in [-0.2, 0) is 27.7 Å². The van der Waals surface area contributed by atoms with Crippen LogP contribution in [-0.4, -0.2) is 50.9 Å². The number of aryl methyl sites for hydroxylation is 2. The molecule has 1 unspecified atom stereocenters. The molecule has 1 fully saturated rings. The molecule has 0 radical (unpaired) electrons. The summed E-state index contributed by atoms with van der Waals surface area (Å²) in [7, 11) is -3.59. The second kappa shape index (κ2) is 9.79. The number of carbonyl (C=O) groups is 1. The van der Waals surface area contributed by atoms with E-state index in [2.05, 4.69) is 35.7 Å². The molecule has 6 nitrogen and oxygen atoms in total. The van der Waals surface area contributed by atoms with Gasteiger partial charge in [0, 0.05) is 31.6 Å². The van der Waals surface area contributed by atoms with Crippen LogP contribution in [0.1, 0.15) is 64.0 Å². The molecule has 0 aromatic heterocycles. The van der Waals surface area contributed by atoms with E-state index in [0.29, 0.717) is 17.4 Å². The first-order chi connectivity index (χ1) is 14.2. The van der Waals surface area contributed by atoms with E-state index < -0.39 is 10.0 Å². The standard InChI is InChI=1S/C23H37N3O3S/c1-18-7-6-14-26(16-18)23(2,3)17-24-22(27)12-13-25-30(28,29)21-11-10-19-8-4-5-9-20(19)15-21/h10-11,15,18,25H,4-9,12-14,16-17H2,1-3H3,(H,24,27). The van der Waals surface area contributed by atoms with Crippen LogP contribution >= 0.6 is 0 Å². The Hall–Kier alpha value is -1.44. The molecule has 1 saturated heterocycles. The molecule has 0 bridgehead atoms. The normalized spacial score (nSPS) is 20.6. The van der Waals surface area contributed by atoms with Gasteiger partial charge in [-0.25, -0.2) is 13.1 Å². The number of rotatable bonds is 8. The van der Waals surface area contributed by atoms with Gasteiger partial charge in [0.15, 0.2) is 0 Å². The summed E-state index contributed by atoms with van der Waals surface area (Å²) in [4.78, 5) is 15.0. The molecule has 1 aromatic carbocycles. The van der Waals surface area contributed by atoms with Crippen molar-refractivity contribution in [3.63, 3.8) is 0 Å². The van der Waals surface area contributed by atoms with Crippen LogP contribution in [0.3, 0.4) is 0 Å². The molecule has 1 aliphatic heterocycles. The van der Waals surface area contributed by atoms with E-state index in [1.54, 1.807) is 12.1 Å². The Morgan fingerprint density at radius 1 is 1.17 bits per heavy atom. The highest BCUT2D eigenvalue weighted by Gasteiger charge is 2.30. The zero-order valence-corrected chi connectivity index (χ0v) is 19.5. The third-order valence-electron chi connectivity index (χ3n) is 6.51. The fourth-order valence-corrected chi connectivity index (χ4v) is 5.60. The summed E-state index contributed by atoms with van der Waals surface area (Å²) >= 11 is 0. The van der Waals surface area contributed by atoms with E-state index >= 15 is 0 Å². The maximum absolute atomic E-state index is 12.6. The minimum Gasteiger partial charge on any atom is -0.354 e. The largest absolute Gasteiger partial charge is 0.354 e. The van der Waals surface area contributed by atoms with Gasteiger partial charge < -0.3 is 5.32 Å². The van der Waals surface area contributed by atoms with Crippen LogP contribution in [0, 0.1) is 5.92 Å². The van der Waals surface area contributed by atoms with Crippen LogP contribution in [0.25, 0.3) is 0 Å². The summed E-state index contributed by atoms with van der Waals surface area (Å²) in [6.07, 6.45) is 6.84. The lowest BCUT2D eigenvalue weighted by Gasteiger charge is -2.43. The molecule has 3 rings (SSSR count). The van der Waals surface area contributed by atoms with Crippen molar-refractivity contribution in [3.05, 3.63) is 29.3 Å². The molecule has 2 aliphatic rings. The quantitative estimate of drug-likeness (QED) is 0.658. The van der Waals surface area contributed by atoms with Crippen molar-refractivity contribution in [2.45, 2.75) is 76.2 Å². The zero-order chi connectivity index (χ0) is 21.8. The van der Waals surface area contributed by atoms with Crippen molar-refractivity contribution in [1.29, 1.82) is 0 Å². The number of likely N-dealkylation sites (tertiary alicyclic amines) is 1. The van der Waals surface area contributed by atoms with Crippen LogP contribution in [0.15, 0.2) is 23.1 Å². The highest BCUT2D eigenvalue weighted by atomic mass is 32.2. The molecule has 30 heavy (non-hydrogen) atoms. The maximum Gasteiger partial charge on any atom is 0.240 e. The third-order valence-corrected chi connectivity index (χ3v) is 7.96. The first-order valence-corrected chi connectivity index (χ1v) is 12.8. The average Bonchev–Trinajstić information content (AvgIpc) is 2.72. The number of carbonyl (C=O) groups excluding carboxylic acids is 1. The van der Waals surface area contributed by atoms with Crippen LogP contribution < -0.4 is 10.0 Å². The van der Waals surface area contributed by atoms with Crippen molar-refractivity contribution in [2.75, 3.05) is 26.2 Å². The lowest BCUT2D eigenvalue weighted by molar-refractivity contribution is -0.121. The van der Waals surface area contributed by atoms with Gasteiger partial charge in [0.1, 0.15) is 0 Å². The second-order valence-electron chi connectivity index (χ2n) is 9.57. The molecule has 1 atom stereocenters. The topological polar surface area (TPSA) is 78.5 Å². The number of nitrogens with zero attached hydrogens (tertiary/aromatic N) is 1. The Labute approximate surface area is 181 Å². The molecule has 7 heteroatoms. The Bertz CT molecular complexity index is 851. The number of amides is 1. The zero-order valence-electron chi connectivity index (χ0n) is 18.7. The van der Waals surface area contributed by atoms with Crippen molar-refractivity contribution >= 4 is 15.9 Å². The molecular formula is C23H37N3O3S. The van der Waals surface area contributed by atoms with Crippen molar-refractivity contribution < 1.29 is 13.2 Å². The van der Waals surface area contributed by atoms with E-state index in [0.717, 1.165) is 37.9 Å². The third kappa shape index (κ3) is 6.05. The Morgan fingerprint density at radius 3 is 2.63 bits per heavy atom. The summed E-state index contributed by atoms with van der Waals surface area (Å²) in [6, 6.07) is 5.40. The van der Waals surface area contributed by atoms with Gasteiger partial charge in [-0.3, -0.25) is 9.69 Å². The fourth-order valence-electron chi connectivity index (χ4n) is 4.51. The smallest absolute Gasteiger partial charge is 0.240 e. The van der Waals surface area contributed by atoms with Gasteiger partial charge in [-0.15, -0.1) is 0 Å². The summed E-state index contributed by atoms with van der Waals surface area (Å²) < 4.78 is 27.8. The first-order valence-electron chi connectivity index (χ1n) is 11.3. The number of hydrogen-bond acceptors (Lipinski definition) is 4. The number of fused-ring (bicyclic) bond motifs is 1. The molecule has 0 spiro atoms. The van der Waals surface area contributed by atoms with Gasteiger partial charge >= 0.3 is 0 Å². The Kier molecular flexibility index (Phi) is 7.58. The number of benzene rings is 1. The van der Waals surface area contributed by atoms with E-state index in [-0.39, 0.29) is 24.4 Å². The van der Waals surface area contributed by atoms with Gasteiger partial charge in [-0.2, -0.15) is 0 Å². The van der Waals surface area contributed by atoms with E-state index in [9.17, 15) is 13.2 Å². The van der Waals surface area contributed by atoms with Gasteiger partial charge in [0.25, 0.3) is 0 Å². The summed E-state index contributed by atoms with van der Waals surface area (Å²) in [5.74, 6) is 0.563. The number of sulfonamides is 1. The number of hydrogen-bond donors (Lipinski definition) is 2. The van der Waals surface area contributed by atoms with E-state index in [4.69, 9.17) is 0 Å². The average molecular weight is 436 g/mol. The number of nitrogens with one attached hydrogen (secondary N) is 2. The molecule has 0 saturated carbocycles. The van der Waals surface area contributed by atoms with E-state index in [1.807, 2.05) is 6.07 Å². The van der Waals surface area contributed by atoms with Crippen LogP contribution in [0.2, 0.25) is 0 Å². The summed E-state index contributed by atoms with van der Waals surface area (Å²) in [6.45, 7) is 9.38. The maximum atomic E-state index is 12.6. The van der Waals surface area contributed by atoms with Crippen LogP contribution in [0.5, 0.6) is 0 Å². The lowest BCUT2D eigenvalue weighted by atomic mass is 9.92. The van der Waals surface area contributed by atoms with E-state index in [1.165, 1.54) is 24.8 Å². The molecule has 1 aliphatic carbocycles. The van der Waals surface area contributed by atoms with Crippen molar-refractivity contribution in [2.24, 2.45) is 5.92 Å². The molecular weight excluding hydrogens is 398 g/mol. The molecule has 2 N–H and O–H groups in total. The predicted octanol–water partition coefficient (Wildman–Crippen LogP) is 2.86. The van der Waals surface area contributed by atoms with Crippen molar-refractivity contribution in [3.8, 4) is 0 Å².